The summed E-state index contributed by atoms with van der Waals surface area (Å²) in [5.41, 5.74) is -0.0460. The van der Waals surface area contributed by atoms with Gasteiger partial charge in [0.1, 0.15) is 11.6 Å². The standard InChI is InChI=1S/C13H18F2N2O2/c1-9(18)5-6-17(2)8-13(19)16-12-4-3-10(14)7-11(12)15/h3-4,7,9,18H,5-6,8H2,1-2H3,(H,16,19). The summed E-state index contributed by atoms with van der Waals surface area (Å²) in [6.07, 6.45) is 0.120. The van der Waals surface area contributed by atoms with Gasteiger partial charge in [-0.2, -0.15) is 0 Å². The van der Waals surface area contributed by atoms with E-state index in [4.69, 9.17) is 5.11 Å². The van der Waals surface area contributed by atoms with Crippen LogP contribution >= 0.6 is 0 Å². The van der Waals surface area contributed by atoms with Gasteiger partial charge in [-0.3, -0.25) is 9.69 Å². The average Bonchev–Trinajstić information content (AvgIpc) is 2.30. The van der Waals surface area contributed by atoms with Crippen molar-refractivity contribution in [3.05, 3.63) is 29.8 Å². The minimum absolute atomic E-state index is 0.0460. The molecule has 0 aliphatic carbocycles. The topological polar surface area (TPSA) is 52.6 Å². The van der Waals surface area contributed by atoms with E-state index in [-0.39, 0.29) is 12.2 Å². The highest BCUT2D eigenvalue weighted by Crippen LogP contribution is 2.14. The van der Waals surface area contributed by atoms with Crippen LogP contribution in [-0.2, 0) is 4.79 Å². The Kier molecular flexibility index (Phi) is 5.85. The Hall–Kier alpha value is -1.53. The highest BCUT2D eigenvalue weighted by atomic mass is 19.1. The highest BCUT2D eigenvalue weighted by Gasteiger charge is 2.10. The Morgan fingerprint density at radius 2 is 2.16 bits per heavy atom. The van der Waals surface area contributed by atoms with Crippen LogP contribution in [0.1, 0.15) is 13.3 Å². The van der Waals surface area contributed by atoms with Gasteiger partial charge < -0.3 is 10.4 Å². The molecule has 1 aromatic rings. The van der Waals surface area contributed by atoms with Crippen molar-refractivity contribution in [3.8, 4) is 0 Å². The minimum atomic E-state index is -0.806. The van der Waals surface area contributed by atoms with E-state index in [1.165, 1.54) is 6.07 Å². The summed E-state index contributed by atoms with van der Waals surface area (Å²) < 4.78 is 26.0. The summed E-state index contributed by atoms with van der Waals surface area (Å²) in [4.78, 5) is 13.3. The molecule has 0 heterocycles. The molecule has 0 spiro atoms. The van der Waals surface area contributed by atoms with Crippen LogP contribution in [0, 0.1) is 11.6 Å². The smallest absolute Gasteiger partial charge is 0.238 e. The van der Waals surface area contributed by atoms with Gasteiger partial charge >= 0.3 is 0 Å². The maximum absolute atomic E-state index is 13.3. The Labute approximate surface area is 111 Å². The van der Waals surface area contributed by atoms with Crippen molar-refractivity contribution in [3.63, 3.8) is 0 Å². The normalized spacial score (nSPS) is 12.5. The summed E-state index contributed by atoms with van der Waals surface area (Å²) in [5.74, 6) is -1.89. The zero-order chi connectivity index (χ0) is 14.4. The first-order chi connectivity index (χ1) is 8.88. The maximum Gasteiger partial charge on any atom is 0.238 e. The number of carbonyl (C=O) groups excluding carboxylic acids is 1. The van der Waals surface area contributed by atoms with E-state index in [1.54, 1.807) is 18.9 Å². The van der Waals surface area contributed by atoms with Crippen LogP contribution in [0.4, 0.5) is 14.5 Å². The molecule has 0 fully saturated rings. The van der Waals surface area contributed by atoms with Crippen molar-refractivity contribution in [1.29, 1.82) is 0 Å². The van der Waals surface area contributed by atoms with E-state index in [0.29, 0.717) is 19.0 Å². The monoisotopic (exact) mass is 272 g/mol. The second kappa shape index (κ2) is 7.16. The van der Waals surface area contributed by atoms with Crippen molar-refractivity contribution in [2.45, 2.75) is 19.4 Å². The summed E-state index contributed by atoms with van der Waals surface area (Å²) in [7, 11) is 1.73. The fourth-order valence-electron chi connectivity index (χ4n) is 1.51. The largest absolute Gasteiger partial charge is 0.393 e. The van der Waals surface area contributed by atoms with Crippen LogP contribution in [0.3, 0.4) is 0 Å². The van der Waals surface area contributed by atoms with Crippen molar-refractivity contribution < 1.29 is 18.7 Å². The first-order valence-corrected chi connectivity index (χ1v) is 6.00. The molecule has 2 N–H and O–H groups in total. The molecule has 0 aliphatic rings. The number of likely N-dealkylation sites (N-methyl/N-ethyl adjacent to an activating group) is 1. The third kappa shape index (κ3) is 5.76. The molecule has 0 radical (unpaired) electrons. The molecule has 1 amide bonds. The Bertz CT molecular complexity index is 439. The number of aliphatic hydroxyl groups excluding tert-OH is 1. The van der Waals surface area contributed by atoms with E-state index in [2.05, 4.69) is 5.32 Å². The van der Waals surface area contributed by atoms with Crippen molar-refractivity contribution >= 4 is 11.6 Å². The predicted molar refractivity (Wildman–Crippen MR) is 68.8 cm³/mol. The molecule has 0 saturated carbocycles. The number of nitrogens with one attached hydrogen (secondary N) is 1. The molecule has 1 unspecified atom stereocenters. The molecular weight excluding hydrogens is 254 g/mol. The molecule has 106 valence electrons. The number of aliphatic hydroxyl groups is 1. The van der Waals surface area contributed by atoms with Crippen LogP contribution in [-0.4, -0.2) is 42.2 Å². The number of benzene rings is 1. The number of anilines is 1. The van der Waals surface area contributed by atoms with Crippen molar-refractivity contribution in [1.82, 2.24) is 4.90 Å². The molecule has 1 rings (SSSR count). The number of rotatable bonds is 6. The lowest BCUT2D eigenvalue weighted by Crippen LogP contribution is -2.32. The van der Waals surface area contributed by atoms with Gasteiger partial charge in [0, 0.05) is 12.6 Å². The number of amides is 1. The summed E-state index contributed by atoms with van der Waals surface area (Å²) >= 11 is 0. The average molecular weight is 272 g/mol. The molecule has 0 aliphatic heterocycles. The van der Waals surface area contributed by atoms with Crippen LogP contribution in [0.25, 0.3) is 0 Å². The predicted octanol–water partition coefficient (Wildman–Crippen LogP) is 1.61. The lowest BCUT2D eigenvalue weighted by molar-refractivity contribution is -0.117. The Morgan fingerprint density at radius 3 is 2.74 bits per heavy atom. The third-order valence-electron chi connectivity index (χ3n) is 2.55. The van der Waals surface area contributed by atoms with E-state index < -0.39 is 23.6 Å². The zero-order valence-electron chi connectivity index (χ0n) is 11.0. The number of hydrogen-bond donors (Lipinski definition) is 2. The van der Waals surface area contributed by atoms with Gasteiger partial charge in [-0.1, -0.05) is 0 Å². The Morgan fingerprint density at radius 1 is 1.47 bits per heavy atom. The van der Waals surface area contributed by atoms with E-state index in [0.717, 1.165) is 6.07 Å². The summed E-state index contributed by atoms with van der Waals surface area (Å²) in [5, 5.41) is 11.5. The zero-order valence-corrected chi connectivity index (χ0v) is 11.0. The van der Waals surface area contributed by atoms with Gasteiger partial charge in [0.15, 0.2) is 0 Å². The molecule has 1 atom stereocenters. The van der Waals surface area contributed by atoms with Gasteiger partial charge in [0.05, 0.1) is 18.3 Å². The SMILES string of the molecule is CC(O)CCN(C)CC(=O)Nc1ccc(F)cc1F. The van der Waals surface area contributed by atoms with Gasteiger partial charge in [-0.25, -0.2) is 8.78 Å². The van der Waals surface area contributed by atoms with Crippen LogP contribution < -0.4 is 5.32 Å². The van der Waals surface area contributed by atoms with Gasteiger partial charge in [-0.15, -0.1) is 0 Å². The highest BCUT2D eigenvalue weighted by molar-refractivity contribution is 5.92. The maximum atomic E-state index is 13.3. The quantitative estimate of drug-likeness (QED) is 0.827. The fraction of sp³-hybridized carbons (Fsp3) is 0.462. The van der Waals surface area contributed by atoms with Crippen LogP contribution in [0.5, 0.6) is 0 Å². The first-order valence-electron chi connectivity index (χ1n) is 6.00. The first kappa shape index (κ1) is 15.5. The van der Waals surface area contributed by atoms with E-state index in [1.807, 2.05) is 0 Å². The molecule has 0 bridgehead atoms. The molecule has 0 aromatic heterocycles. The number of nitrogens with zero attached hydrogens (tertiary/aromatic N) is 1. The Balaban J connectivity index is 2.46. The fourth-order valence-corrected chi connectivity index (χ4v) is 1.51. The lowest BCUT2D eigenvalue weighted by atomic mass is 10.2. The second-order valence-electron chi connectivity index (χ2n) is 4.55. The number of halogens is 2. The molecule has 19 heavy (non-hydrogen) atoms. The molecule has 4 nitrogen and oxygen atoms in total. The molecule has 0 saturated heterocycles. The lowest BCUT2D eigenvalue weighted by Gasteiger charge is -2.17. The number of carbonyl (C=O) groups is 1. The molecular formula is C13H18F2N2O2. The van der Waals surface area contributed by atoms with Crippen molar-refractivity contribution in [2.75, 3.05) is 25.5 Å². The summed E-state index contributed by atoms with van der Waals surface area (Å²) in [6.45, 7) is 2.29. The van der Waals surface area contributed by atoms with E-state index >= 15 is 0 Å². The van der Waals surface area contributed by atoms with Crippen molar-refractivity contribution in [2.24, 2.45) is 0 Å². The third-order valence-corrected chi connectivity index (χ3v) is 2.55. The van der Waals surface area contributed by atoms with Gasteiger partial charge in [-0.05, 0) is 32.5 Å². The number of hydrogen-bond acceptors (Lipinski definition) is 3. The van der Waals surface area contributed by atoms with Crippen LogP contribution in [0.2, 0.25) is 0 Å². The van der Waals surface area contributed by atoms with Gasteiger partial charge in [0.25, 0.3) is 0 Å². The van der Waals surface area contributed by atoms with Gasteiger partial charge in [0.2, 0.25) is 5.91 Å². The molecule has 6 heteroatoms. The molecule has 1 aromatic carbocycles. The second-order valence-corrected chi connectivity index (χ2v) is 4.55. The minimum Gasteiger partial charge on any atom is -0.393 e. The van der Waals surface area contributed by atoms with Crippen LogP contribution in [0.15, 0.2) is 18.2 Å². The van der Waals surface area contributed by atoms with E-state index in [9.17, 15) is 13.6 Å². The summed E-state index contributed by atoms with van der Waals surface area (Å²) in [6, 6.07) is 2.97.